The van der Waals surface area contributed by atoms with E-state index in [4.69, 9.17) is 0 Å². The average molecular weight is 350 g/mol. The SMILES string of the molecule is CCn1nc(C)cc1C(=O)NC1CCCc2c1cnn2-c1ccncc1. The second kappa shape index (κ2) is 6.74. The molecule has 0 saturated carbocycles. The minimum atomic E-state index is -0.0815. The third-order valence-electron chi connectivity index (χ3n) is 4.83. The molecule has 3 aromatic heterocycles. The van der Waals surface area contributed by atoms with E-state index in [0.29, 0.717) is 12.2 Å². The topological polar surface area (TPSA) is 77.6 Å². The number of hydrogen-bond acceptors (Lipinski definition) is 4. The van der Waals surface area contributed by atoms with E-state index in [0.717, 1.165) is 41.9 Å². The lowest BCUT2D eigenvalue weighted by atomic mass is 9.92. The summed E-state index contributed by atoms with van der Waals surface area (Å²) in [4.78, 5) is 16.9. The molecule has 0 bridgehead atoms. The fourth-order valence-corrected chi connectivity index (χ4v) is 3.62. The highest BCUT2D eigenvalue weighted by Gasteiger charge is 2.27. The van der Waals surface area contributed by atoms with Gasteiger partial charge in [0.25, 0.3) is 5.91 Å². The van der Waals surface area contributed by atoms with Gasteiger partial charge in [-0.2, -0.15) is 10.2 Å². The molecular weight excluding hydrogens is 328 g/mol. The molecule has 0 aliphatic heterocycles. The van der Waals surface area contributed by atoms with Crippen molar-refractivity contribution in [1.82, 2.24) is 29.9 Å². The van der Waals surface area contributed by atoms with Gasteiger partial charge in [-0.05, 0) is 51.3 Å². The number of carbonyl (C=O) groups excluding carboxylic acids is 1. The Morgan fingerprint density at radius 2 is 2.15 bits per heavy atom. The van der Waals surface area contributed by atoms with Crippen molar-refractivity contribution in [3.8, 4) is 5.69 Å². The molecule has 1 aliphatic rings. The van der Waals surface area contributed by atoms with Crippen molar-refractivity contribution in [2.24, 2.45) is 0 Å². The van der Waals surface area contributed by atoms with Crippen LogP contribution in [0.15, 0.2) is 36.8 Å². The summed E-state index contributed by atoms with van der Waals surface area (Å²) in [6.45, 7) is 4.56. The average Bonchev–Trinajstić information content (AvgIpc) is 3.26. The maximum atomic E-state index is 12.8. The van der Waals surface area contributed by atoms with E-state index in [1.165, 1.54) is 0 Å². The molecule has 134 valence electrons. The van der Waals surface area contributed by atoms with Crippen LogP contribution >= 0.6 is 0 Å². The van der Waals surface area contributed by atoms with Crippen LogP contribution in [0.3, 0.4) is 0 Å². The molecule has 0 fully saturated rings. The van der Waals surface area contributed by atoms with Crippen LogP contribution in [0.4, 0.5) is 0 Å². The quantitative estimate of drug-likeness (QED) is 0.784. The number of fused-ring (bicyclic) bond motifs is 1. The van der Waals surface area contributed by atoms with Gasteiger partial charge in [0, 0.05) is 30.2 Å². The van der Waals surface area contributed by atoms with E-state index >= 15 is 0 Å². The van der Waals surface area contributed by atoms with Gasteiger partial charge in [-0.15, -0.1) is 0 Å². The summed E-state index contributed by atoms with van der Waals surface area (Å²) in [6, 6.07) is 5.70. The predicted octanol–water partition coefficient (Wildman–Crippen LogP) is 2.60. The molecule has 3 aromatic rings. The molecule has 7 nitrogen and oxygen atoms in total. The molecule has 7 heteroatoms. The van der Waals surface area contributed by atoms with Gasteiger partial charge >= 0.3 is 0 Å². The molecule has 0 saturated heterocycles. The third kappa shape index (κ3) is 2.89. The van der Waals surface area contributed by atoms with Crippen LogP contribution < -0.4 is 5.32 Å². The lowest BCUT2D eigenvalue weighted by Gasteiger charge is -2.24. The van der Waals surface area contributed by atoms with Crippen LogP contribution in [0.1, 0.15) is 53.2 Å². The van der Waals surface area contributed by atoms with Crippen molar-refractivity contribution in [1.29, 1.82) is 0 Å². The van der Waals surface area contributed by atoms with Crippen LogP contribution in [0.5, 0.6) is 0 Å². The Bertz CT molecular complexity index is 927. The number of aromatic nitrogens is 5. The fraction of sp³-hybridized carbons (Fsp3) is 0.368. The molecule has 0 spiro atoms. The molecule has 1 aliphatic carbocycles. The van der Waals surface area contributed by atoms with E-state index in [1.54, 1.807) is 17.1 Å². The Morgan fingerprint density at radius 1 is 1.35 bits per heavy atom. The van der Waals surface area contributed by atoms with Crippen molar-refractivity contribution < 1.29 is 4.79 Å². The number of hydrogen-bond donors (Lipinski definition) is 1. The smallest absolute Gasteiger partial charge is 0.270 e. The summed E-state index contributed by atoms with van der Waals surface area (Å²) in [5, 5.41) is 12.1. The Morgan fingerprint density at radius 3 is 2.92 bits per heavy atom. The highest BCUT2D eigenvalue weighted by molar-refractivity contribution is 5.93. The maximum absolute atomic E-state index is 12.8. The van der Waals surface area contributed by atoms with Gasteiger partial charge in [0.15, 0.2) is 0 Å². The molecule has 26 heavy (non-hydrogen) atoms. The number of amides is 1. The Kier molecular flexibility index (Phi) is 4.28. The summed E-state index contributed by atoms with van der Waals surface area (Å²) in [6.07, 6.45) is 8.29. The Balaban J connectivity index is 1.61. The Hall–Kier alpha value is -2.96. The van der Waals surface area contributed by atoms with Gasteiger partial charge in [0.05, 0.1) is 23.6 Å². The molecule has 0 radical (unpaired) electrons. The molecule has 1 amide bonds. The molecule has 3 heterocycles. The van der Waals surface area contributed by atoms with Gasteiger partial charge in [0.2, 0.25) is 0 Å². The zero-order valence-corrected chi connectivity index (χ0v) is 15.0. The van der Waals surface area contributed by atoms with E-state index in [1.807, 2.05) is 42.9 Å². The summed E-state index contributed by atoms with van der Waals surface area (Å²) in [7, 11) is 0. The van der Waals surface area contributed by atoms with Crippen molar-refractivity contribution in [3.63, 3.8) is 0 Å². The summed E-state index contributed by atoms with van der Waals surface area (Å²) in [5.74, 6) is -0.0815. The second-order valence-corrected chi connectivity index (χ2v) is 6.57. The number of nitrogens with one attached hydrogen (secondary N) is 1. The number of nitrogens with zero attached hydrogens (tertiary/aromatic N) is 5. The first-order chi connectivity index (χ1) is 12.7. The van der Waals surface area contributed by atoms with Crippen LogP contribution in [0, 0.1) is 6.92 Å². The molecule has 1 atom stereocenters. The number of rotatable bonds is 4. The minimum absolute atomic E-state index is 0.0256. The van der Waals surface area contributed by atoms with Gasteiger partial charge in [-0.1, -0.05) is 0 Å². The zero-order valence-electron chi connectivity index (χ0n) is 15.0. The van der Waals surface area contributed by atoms with Crippen LogP contribution in [-0.4, -0.2) is 30.5 Å². The molecule has 4 rings (SSSR count). The van der Waals surface area contributed by atoms with E-state index < -0.39 is 0 Å². The monoisotopic (exact) mass is 350 g/mol. The summed E-state index contributed by atoms with van der Waals surface area (Å²) in [5.41, 5.74) is 4.71. The molecule has 1 N–H and O–H groups in total. The van der Waals surface area contributed by atoms with Crippen LogP contribution in [0.25, 0.3) is 5.69 Å². The zero-order chi connectivity index (χ0) is 18.1. The van der Waals surface area contributed by atoms with Gasteiger partial charge in [-0.3, -0.25) is 14.5 Å². The first-order valence-corrected chi connectivity index (χ1v) is 9.00. The van der Waals surface area contributed by atoms with E-state index in [9.17, 15) is 4.79 Å². The number of carbonyl (C=O) groups is 1. The maximum Gasteiger partial charge on any atom is 0.270 e. The number of aryl methyl sites for hydroxylation is 2. The Labute approximate surface area is 152 Å². The van der Waals surface area contributed by atoms with Crippen molar-refractivity contribution in [2.75, 3.05) is 0 Å². The fourth-order valence-electron chi connectivity index (χ4n) is 3.62. The lowest BCUT2D eigenvalue weighted by Crippen LogP contribution is -2.32. The van der Waals surface area contributed by atoms with Crippen molar-refractivity contribution in [3.05, 3.63) is 59.4 Å². The predicted molar refractivity (Wildman–Crippen MR) is 97.1 cm³/mol. The van der Waals surface area contributed by atoms with Crippen molar-refractivity contribution >= 4 is 5.91 Å². The standard InChI is InChI=1S/C19H22N6O/c1-3-24-18(11-13(2)23-24)19(26)22-16-5-4-6-17-15(16)12-21-25(17)14-7-9-20-10-8-14/h7-12,16H,3-6H2,1-2H3,(H,22,26). The molecule has 0 aromatic carbocycles. The van der Waals surface area contributed by atoms with Crippen LogP contribution in [-0.2, 0) is 13.0 Å². The largest absolute Gasteiger partial charge is 0.344 e. The van der Waals surface area contributed by atoms with Crippen LogP contribution in [0.2, 0.25) is 0 Å². The van der Waals surface area contributed by atoms with Gasteiger partial charge in [0.1, 0.15) is 5.69 Å². The summed E-state index contributed by atoms with van der Waals surface area (Å²) >= 11 is 0. The highest BCUT2D eigenvalue weighted by Crippen LogP contribution is 2.31. The number of pyridine rings is 1. The minimum Gasteiger partial charge on any atom is -0.344 e. The molecule has 1 unspecified atom stereocenters. The second-order valence-electron chi connectivity index (χ2n) is 6.57. The third-order valence-corrected chi connectivity index (χ3v) is 4.83. The van der Waals surface area contributed by atoms with Gasteiger partial charge in [-0.25, -0.2) is 4.68 Å². The van der Waals surface area contributed by atoms with E-state index in [2.05, 4.69) is 20.5 Å². The van der Waals surface area contributed by atoms with E-state index in [-0.39, 0.29) is 11.9 Å². The summed E-state index contributed by atoms with van der Waals surface area (Å²) < 4.78 is 3.70. The van der Waals surface area contributed by atoms with Crippen molar-refractivity contribution in [2.45, 2.75) is 45.7 Å². The lowest BCUT2D eigenvalue weighted by molar-refractivity contribution is 0.0922. The first kappa shape index (κ1) is 16.5. The highest BCUT2D eigenvalue weighted by atomic mass is 16.2. The normalized spacial score (nSPS) is 16.3. The first-order valence-electron chi connectivity index (χ1n) is 9.00. The van der Waals surface area contributed by atoms with Gasteiger partial charge < -0.3 is 5.32 Å². The molecular formula is C19H22N6O.